The first kappa shape index (κ1) is 13.7. The van der Waals surface area contributed by atoms with Crippen LogP contribution in [0.25, 0.3) is 0 Å². The predicted octanol–water partition coefficient (Wildman–Crippen LogP) is 5.20. The quantitative estimate of drug-likeness (QED) is 0.468. The van der Waals surface area contributed by atoms with Gasteiger partial charge in [0.2, 0.25) is 0 Å². The van der Waals surface area contributed by atoms with Crippen molar-refractivity contribution in [2.75, 3.05) is 0 Å². The first-order chi connectivity index (χ1) is 6.61. The molecule has 0 aliphatic heterocycles. The third-order valence-corrected chi connectivity index (χ3v) is 3.03. The predicted molar refractivity (Wildman–Crippen MR) is 66.5 cm³/mol. The largest absolute Gasteiger partial charge is 0.0996 e. The minimum atomic E-state index is 0.794. The molecule has 1 unspecified atom stereocenters. The lowest BCUT2D eigenvalue weighted by molar-refractivity contribution is 0.429. The summed E-state index contributed by atoms with van der Waals surface area (Å²) in [6.45, 7) is 13.3. The summed E-state index contributed by atoms with van der Waals surface area (Å²) in [5.41, 5.74) is 1.47. The molecule has 0 heteroatoms. The Morgan fingerprint density at radius 1 is 1.07 bits per heavy atom. The average Bonchev–Trinajstić information content (AvgIpc) is 2.16. The number of hydrogen-bond donors (Lipinski definition) is 0. The minimum absolute atomic E-state index is 0.794. The maximum absolute atomic E-state index is 4.20. The Balaban J connectivity index is 3.90. The van der Waals surface area contributed by atoms with Gasteiger partial charge in [0.1, 0.15) is 0 Å². The van der Waals surface area contributed by atoms with Crippen molar-refractivity contribution in [3.05, 3.63) is 12.2 Å². The van der Waals surface area contributed by atoms with Crippen molar-refractivity contribution < 1.29 is 0 Å². The molecule has 1 atom stereocenters. The number of rotatable bonds is 8. The zero-order chi connectivity index (χ0) is 11.0. The van der Waals surface area contributed by atoms with Gasteiger partial charge in [0.05, 0.1) is 0 Å². The first-order valence-corrected chi connectivity index (χ1v) is 6.29. The van der Waals surface area contributed by atoms with Crippen LogP contribution in [0.3, 0.4) is 0 Å². The summed E-state index contributed by atoms with van der Waals surface area (Å²) in [7, 11) is 0. The Bertz CT molecular complexity index is 144. The van der Waals surface area contributed by atoms with E-state index in [1.54, 1.807) is 0 Å². The van der Waals surface area contributed by atoms with E-state index in [2.05, 4.69) is 34.3 Å². The maximum Gasteiger partial charge on any atom is -0.0206 e. The molecule has 0 saturated heterocycles. The van der Waals surface area contributed by atoms with Gasteiger partial charge in [-0.25, -0.2) is 0 Å². The molecular formula is C14H28. The summed E-state index contributed by atoms with van der Waals surface area (Å²) in [4.78, 5) is 0. The van der Waals surface area contributed by atoms with E-state index in [4.69, 9.17) is 0 Å². The van der Waals surface area contributed by atoms with Gasteiger partial charge >= 0.3 is 0 Å². The molecule has 84 valence electrons. The molecule has 0 aliphatic carbocycles. The van der Waals surface area contributed by atoms with Crippen LogP contribution in [0.1, 0.15) is 66.2 Å². The second-order valence-corrected chi connectivity index (χ2v) is 4.82. The highest BCUT2D eigenvalue weighted by molar-refractivity contribution is 4.99. The van der Waals surface area contributed by atoms with Crippen molar-refractivity contribution in [1.82, 2.24) is 0 Å². The molecule has 0 aliphatic rings. The molecule has 0 N–H and O–H groups in total. The zero-order valence-corrected chi connectivity index (χ0v) is 10.6. The van der Waals surface area contributed by atoms with E-state index in [9.17, 15) is 0 Å². The van der Waals surface area contributed by atoms with Crippen LogP contribution in [-0.4, -0.2) is 0 Å². The molecule has 0 aromatic rings. The topological polar surface area (TPSA) is 0 Å². The fraction of sp³-hybridized carbons (Fsp3) is 0.857. The standard InChI is InChI=1S/C14H28/c1-6-8-9-14(13(5)7-2)11-10-12(3)4/h12,14H,5-11H2,1-4H3. The molecule has 0 nitrogen and oxygen atoms in total. The number of unbranched alkanes of at least 4 members (excludes halogenated alkanes) is 1. The van der Waals surface area contributed by atoms with Gasteiger partial charge in [-0.3, -0.25) is 0 Å². The molecule has 0 rings (SSSR count). The Morgan fingerprint density at radius 3 is 2.14 bits per heavy atom. The molecule has 0 fully saturated rings. The summed E-state index contributed by atoms with van der Waals surface area (Å²) >= 11 is 0. The second kappa shape index (κ2) is 8.08. The van der Waals surface area contributed by atoms with E-state index in [1.807, 2.05) is 0 Å². The Kier molecular flexibility index (Phi) is 7.93. The van der Waals surface area contributed by atoms with Crippen molar-refractivity contribution in [3.63, 3.8) is 0 Å². The van der Waals surface area contributed by atoms with Crippen LogP contribution in [0.15, 0.2) is 12.2 Å². The fourth-order valence-electron chi connectivity index (χ4n) is 1.83. The van der Waals surface area contributed by atoms with Crippen LogP contribution in [0, 0.1) is 11.8 Å². The SMILES string of the molecule is C=C(CC)C(CCCC)CCC(C)C. The van der Waals surface area contributed by atoms with Crippen LogP contribution in [-0.2, 0) is 0 Å². The van der Waals surface area contributed by atoms with Crippen LogP contribution >= 0.6 is 0 Å². The molecule has 0 spiro atoms. The zero-order valence-electron chi connectivity index (χ0n) is 10.6. The van der Waals surface area contributed by atoms with Crippen molar-refractivity contribution in [3.8, 4) is 0 Å². The van der Waals surface area contributed by atoms with Crippen molar-refractivity contribution in [2.24, 2.45) is 11.8 Å². The highest BCUT2D eigenvalue weighted by atomic mass is 14.2. The normalized spacial score (nSPS) is 13.2. The highest BCUT2D eigenvalue weighted by Crippen LogP contribution is 2.25. The van der Waals surface area contributed by atoms with E-state index < -0.39 is 0 Å². The molecule has 0 heterocycles. The van der Waals surface area contributed by atoms with Crippen LogP contribution in [0.2, 0.25) is 0 Å². The van der Waals surface area contributed by atoms with Gasteiger partial charge in [-0.15, -0.1) is 0 Å². The summed E-state index contributed by atoms with van der Waals surface area (Å²) in [6, 6.07) is 0. The smallest absolute Gasteiger partial charge is 0.0206 e. The summed E-state index contributed by atoms with van der Waals surface area (Å²) in [5.74, 6) is 1.63. The van der Waals surface area contributed by atoms with E-state index in [0.717, 1.165) is 18.3 Å². The lowest BCUT2D eigenvalue weighted by atomic mass is 9.87. The average molecular weight is 196 g/mol. The van der Waals surface area contributed by atoms with Gasteiger partial charge in [0, 0.05) is 0 Å². The van der Waals surface area contributed by atoms with Gasteiger partial charge in [-0.1, -0.05) is 59.1 Å². The molecule has 0 aromatic carbocycles. The third kappa shape index (κ3) is 6.23. The lowest BCUT2D eigenvalue weighted by Gasteiger charge is -2.19. The van der Waals surface area contributed by atoms with Crippen molar-refractivity contribution >= 4 is 0 Å². The molecule has 0 amide bonds. The Morgan fingerprint density at radius 2 is 1.71 bits per heavy atom. The molecule has 0 bridgehead atoms. The monoisotopic (exact) mass is 196 g/mol. The Labute approximate surface area is 90.8 Å². The molecule has 0 saturated carbocycles. The third-order valence-electron chi connectivity index (χ3n) is 3.03. The first-order valence-electron chi connectivity index (χ1n) is 6.29. The lowest BCUT2D eigenvalue weighted by Crippen LogP contribution is -2.05. The summed E-state index contributed by atoms with van der Waals surface area (Å²) in [6.07, 6.45) is 7.90. The fourth-order valence-corrected chi connectivity index (χ4v) is 1.83. The summed E-state index contributed by atoms with van der Waals surface area (Å²) < 4.78 is 0. The van der Waals surface area contributed by atoms with E-state index in [1.165, 1.54) is 37.7 Å². The van der Waals surface area contributed by atoms with E-state index in [0.29, 0.717) is 0 Å². The van der Waals surface area contributed by atoms with Gasteiger partial charge in [0.25, 0.3) is 0 Å². The van der Waals surface area contributed by atoms with E-state index in [-0.39, 0.29) is 0 Å². The van der Waals surface area contributed by atoms with Crippen LogP contribution in [0.5, 0.6) is 0 Å². The second-order valence-electron chi connectivity index (χ2n) is 4.82. The molecule has 14 heavy (non-hydrogen) atoms. The summed E-state index contributed by atoms with van der Waals surface area (Å²) in [5, 5.41) is 0. The van der Waals surface area contributed by atoms with Crippen LogP contribution < -0.4 is 0 Å². The van der Waals surface area contributed by atoms with Gasteiger partial charge < -0.3 is 0 Å². The van der Waals surface area contributed by atoms with Crippen LogP contribution in [0.4, 0.5) is 0 Å². The molecule has 0 radical (unpaired) electrons. The highest BCUT2D eigenvalue weighted by Gasteiger charge is 2.11. The minimum Gasteiger partial charge on any atom is -0.0996 e. The van der Waals surface area contributed by atoms with Crippen molar-refractivity contribution in [2.45, 2.75) is 66.2 Å². The van der Waals surface area contributed by atoms with Gasteiger partial charge in [-0.05, 0) is 31.1 Å². The van der Waals surface area contributed by atoms with Crippen molar-refractivity contribution in [1.29, 1.82) is 0 Å². The molecular weight excluding hydrogens is 168 g/mol. The maximum atomic E-state index is 4.20. The Hall–Kier alpha value is -0.260. The number of hydrogen-bond acceptors (Lipinski definition) is 0. The van der Waals surface area contributed by atoms with E-state index >= 15 is 0 Å². The molecule has 0 aromatic heterocycles. The number of allylic oxidation sites excluding steroid dienone is 1. The van der Waals surface area contributed by atoms with Gasteiger partial charge in [0.15, 0.2) is 0 Å². The van der Waals surface area contributed by atoms with Gasteiger partial charge in [-0.2, -0.15) is 0 Å².